The molecule has 2 atom stereocenters. The summed E-state index contributed by atoms with van der Waals surface area (Å²) in [6.07, 6.45) is 3.34. The molecule has 92 valence electrons. The second kappa shape index (κ2) is 5.39. The fraction of sp³-hybridized carbons (Fsp3) is 0.727. The van der Waals surface area contributed by atoms with Crippen LogP contribution in [0.1, 0.15) is 19.3 Å². The van der Waals surface area contributed by atoms with E-state index in [1.807, 2.05) is 0 Å². The maximum Gasteiger partial charge on any atom is 0.228 e. The van der Waals surface area contributed by atoms with Gasteiger partial charge in [0.25, 0.3) is 0 Å². The molecule has 16 heavy (non-hydrogen) atoms. The van der Waals surface area contributed by atoms with Crippen LogP contribution < -0.4 is 10.6 Å². The smallest absolute Gasteiger partial charge is 0.228 e. The van der Waals surface area contributed by atoms with Gasteiger partial charge in [0.2, 0.25) is 5.91 Å². The largest absolute Gasteiger partial charge is 0.351 e. The van der Waals surface area contributed by atoms with Crippen molar-refractivity contribution in [3.63, 3.8) is 0 Å². The summed E-state index contributed by atoms with van der Waals surface area (Å²) >= 11 is 5.64. The Morgan fingerprint density at radius 3 is 3.06 bits per heavy atom. The number of carbonyl (C=O) groups excluding carboxylic acids is 1. The summed E-state index contributed by atoms with van der Waals surface area (Å²) < 4.78 is 0. The Hall–Kier alpha value is -0.250. The van der Waals surface area contributed by atoms with Crippen LogP contribution in [0.4, 0.5) is 0 Å². The van der Waals surface area contributed by atoms with Crippen LogP contribution in [0.5, 0.6) is 0 Å². The Labute approximate surface area is 107 Å². The molecule has 1 saturated carbocycles. The topological polar surface area (TPSA) is 41.1 Å². The highest BCUT2D eigenvalue weighted by atomic mass is 35.5. The number of amides is 1. The van der Waals surface area contributed by atoms with Gasteiger partial charge in [0.1, 0.15) is 0 Å². The van der Waals surface area contributed by atoms with Crippen LogP contribution in [0.15, 0.2) is 11.6 Å². The zero-order valence-corrected chi connectivity index (χ0v) is 10.8. The molecule has 1 heterocycles. The fourth-order valence-corrected chi connectivity index (χ4v) is 2.94. The van der Waals surface area contributed by atoms with E-state index in [1.165, 1.54) is 12.8 Å². The third kappa shape index (κ3) is 2.36. The molecule has 1 aliphatic heterocycles. The SMILES string of the molecule is C=C(Cl)CNC(=O)[C@@]12CCC[C@@H]1CNC2.Cl. The van der Waals surface area contributed by atoms with Gasteiger partial charge in [-0.05, 0) is 25.3 Å². The van der Waals surface area contributed by atoms with E-state index in [-0.39, 0.29) is 23.7 Å². The molecule has 1 saturated heterocycles. The van der Waals surface area contributed by atoms with Crippen molar-refractivity contribution in [2.24, 2.45) is 11.3 Å². The lowest BCUT2D eigenvalue weighted by atomic mass is 9.80. The molecule has 0 aromatic carbocycles. The molecule has 0 bridgehead atoms. The molecule has 3 nitrogen and oxygen atoms in total. The second-order valence-corrected chi connectivity index (χ2v) is 5.11. The van der Waals surface area contributed by atoms with Crippen LogP contribution in [0, 0.1) is 11.3 Å². The summed E-state index contributed by atoms with van der Waals surface area (Å²) in [6, 6.07) is 0. The van der Waals surface area contributed by atoms with Crippen LogP contribution in [-0.2, 0) is 4.79 Å². The number of carbonyl (C=O) groups is 1. The number of hydrogen-bond acceptors (Lipinski definition) is 2. The molecule has 2 aliphatic rings. The van der Waals surface area contributed by atoms with E-state index in [2.05, 4.69) is 17.2 Å². The van der Waals surface area contributed by atoms with Crippen molar-refractivity contribution in [1.29, 1.82) is 0 Å². The molecule has 2 rings (SSSR count). The van der Waals surface area contributed by atoms with Gasteiger partial charge in [0.15, 0.2) is 0 Å². The maximum absolute atomic E-state index is 12.1. The lowest BCUT2D eigenvalue weighted by molar-refractivity contribution is -0.131. The van der Waals surface area contributed by atoms with E-state index in [0.29, 0.717) is 17.5 Å². The Morgan fingerprint density at radius 2 is 2.38 bits per heavy atom. The highest BCUT2D eigenvalue weighted by Gasteiger charge is 2.51. The molecular formula is C11H18Cl2N2O. The van der Waals surface area contributed by atoms with E-state index in [9.17, 15) is 4.79 Å². The number of hydrogen-bond donors (Lipinski definition) is 2. The molecule has 0 radical (unpaired) electrons. The predicted molar refractivity (Wildman–Crippen MR) is 67.9 cm³/mol. The Balaban J connectivity index is 0.00000128. The first-order chi connectivity index (χ1) is 7.15. The standard InChI is InChI=1S/C11H17ClN2O.ClH/c1-8(12)5-14-10(15)11-4-2-3-9(11)6-13-7-11;/h9,13H,1-7H2,(H,14,15);1H/t9-,11-;/m1./s1. The first-order valence-electron chi connectivity index (χ1n) is 5.47. The summed E-state index contributed by atoms with van der Waals surface area (Å²) in [6.45, 7) is 5.75. The lowest BCUT2D eigenvalue weighted by Crippen LogP contribution is -2.44. The molecule has 1 aliphatic carbocycles. The minimum atomic E-state index is -0.160. The number of rotatable bonds is 3. The summed E-state index contributed by atoms with van der Waals surface area (Å²) in [5.41, 5.74) is -0.160. The van der Waals surface area contributed by atoms with Gasteiger partial charge in [-0.3, -0.25) is 4.79 Å². The van der Waals surface area contributed by atoms with Gasteiger partial charge in [0.05, 0.1) is 12.0 Å². The Kier molecular flexibility index (Phi) is 4.65. The zero-order chi connectivity index (χ0) is 10.9. The summed E-state index contributed by atoms with van der Waals surface area (Å²) in [5.74, 6) is 0.665. The highest BCUT2D eigenvalue weighted by Crippen LogP contribution is 2.45. The molecule has 1 amide bonds. The molecule has 2 N–H and O–H groups in total. The van der Waals surface area contributed by atoms with Gasteiger partial charge >= 0.3 is 0 Å². The van der Waals surface area contributed by atoms with Gasteiger partial charge < -0.3 is 10.6 Å². The minimum Gasteiger partial charge on any atom is -0.351 e. The fourth-order valence-electron chi connectivity index (χ4n) is 2.88. The molecule has 5 heteroatoms. The van der Waals surface area contributed by atoms with Crippen molar-refractivity contribution in [3.05, 3.63) is 11.6 Å². The van der Waals surface area contributed by atoms with Gasteiger partial charge in [-0.15, -0.1) is 12.4 Å². The third-order valence-electron chi connectivity index (χ3n) is 3.68. The number of halogens is 2. The predicted octanol–water partition coefficient (Wildman–Crippen LogP) is 1.67. The van der Waals surface area contributed by atoms with Gasteiger partial charge in [0, 0.05) is 11.6 Å². The van der Waals surface area contributed by atoms with Crippen LogP contribution in [0.3, 0.4) is 0 Å². The minimum absolute atomic E-state index is 0. The van der Waals surface area contributed by atoms with Crippen LogP contribution in [0.2, 0.25) is 0 Å². The lowest BCUT2D eigenvalue weighted by Gasteiger charge is -2.26. The van der Waals surface area contributed by atoms with Crippen LogP contribution >= 0.6 is 24.0 Å². The van der Waals surface area contributed by atoms with E-state index in [0.717, 1.165) is 19.5 Å². The summed E-state index contributed by atoms with van der Waals surface area (Å²) in [5, 5.41) is 6.68. The van der Waals surface area contributed by atoms with Crippen LogP contribution in [0.25, 0.3) is 0 Å². The average Bonchev–Trinajstić information content (AvgIpc) is 2.72. The summed E-state index contributed by atoms with van der Waals surface area (Å²) in [7, 11) is 0. The zero-order valence-electron chi connectivity index (χ0n) is 9.22. The van der Waals surface area contributed by atoms with Crippen molar-refractivity contribution >= 4 is 29.9 Å². The number of fused-ring (bicyclic) bond motifs is 1. The molecular weight excluding hydrogens is 247 g/mol. The quantitative estimate of drug-likeness (QED) is 0.815. The molecule has 0 unspecified atom stereocenters. The first-order valence-corrected chi connectivity index (χ1v) is 5.85. The number of nitrogens with one attached hydrogen (secondary N) is 2. The average molecular weight is 265 g/mol. The molecule has 2 fully saturated rings. The van der Waals surface area contributed by atoms with Gasteiger partial charge in [-0.25, -0.2) is 0 Å². The van der Waals surface area contributed by atoms with E-state index >= 15 is 0 Å². The van der Waals surface area contributed by atoms with E-state index in [1.54, 1.807) is 0 Å². The van der Waals surface area contributed by atoms with Crippen LogP contribution in [-0.4, -0.2) is 25.5 Å². The van der Waals surface area contributed by atoms with Gasteiger partial charge in [-0.2, -0.15) is 0 Å². The Morgan fingerprint density at radius 1 is 1.62 bits per heavy atom. The summed E-state index contributed by atoms with van der Waals surface area (Å²) in [4.78, 5) is 12.1. The Bertz CT molecular complexity index is 284. The van der Waals surface area contributed by atoms with E-state index in [4.69, 9.17) is 11.6 Å². The third-order valence-corrected chi connectivity index (χ3v) is 3.81. The van der Waals surface area contributed by atoms with Crippen molar-refractivity contribution < 1.29 is 4.79 Å². The van der Waals surface area contributed by atoms with Crippen molar-refractivity contribution in [3.8, 4) is 0 Å². The highest BCUT2D eigenvalue weighted by molar-refractivity contribution is 6.29. The van der Waals surface area contributed by atoms with Crippen molar-refractivity contribution in [2.75, 3.05) is 19.6 Å². The van der Waals surface area contributed by atoms with Gasteiger partial charge in [-0.1, -0.05) is 24.6 Å². The molecule has 0 aromatic heterocycles. The monoisotopic (exact) mass is 264 g/mol. The first kappa shape index (κ1) is 13.8. The normalized spacial score (nSPS) is 31.7. The van der Waals surface area contributed by atoms with Crippen molar-refractivity contribution in [2.45, 2.75) is 19.3 Å². The molecule has 0 spiro atoms. The second-order valence-electron chi connectivity index (χ2n) is 4.58. The maximum atomic E-state index is 12.1. The van der Waals surface area contributed by atoms with Crippen molar-refractivity contribution in [1.82, 2.24) is 10.6 Å². The van der Waals surface area contributed by atoms with E-state index < -0.39 is 0 Å². The molecule has 0 aromatic rings.